The number of benzene rings is 1. The number of aliphatic imine (C=N–C) groups is 1. The quantitative estimate of drug-likeness (QED) is 0.220. The highest BCUT2D eigenvalue weighted by Gasteiger charge is 2.11. The van der Waals surface area contributed by atoms with Gasteiger partial charge in [0.15, 0.2) is 5.96 Å². The maximum Gasteiger partial charge on any atom is 0.274 e. The zero-order valence-electron chi connectivity index (χ0n) is 14.0. The van der Waals surface area contributed by atoms with Crippen molar-refractivity contribution in [2.45, 2.75) is 19.9 Å². The highest BCUT2D eigenvalue weighted by atomic mass is 127. The van der Waals surface area contributed by atoms with Gasteiger partial charge in [-0.15, -0.1) is 24.0 Å². The van der Waals surface area contributed by atoms with Gasteiger partial charge in [0.25, 0.3) is 5.69 Å². The van der Waals surface area contributed by atoms with Crippen LogP contribution in [0.15, 0.2) is 53.7 Å². The first-order valence-corrected chi connectivity index (χ1v) is 7.85. The lowest BCUT2D eigenvalue weighted by Crippen LogP contribution is -2.38. The predicted octanol–water partition coefficient (Wildman–Crippen LogP) is 2.91. The Balaban J connectivity index is 0.00000312. The van der Waals surface area contributed by atoms with E-state index in [0.717, 1.165) is 12.1 Å². The molecule has 0 atom stereocenters. The number of nitro benzene ring substituents is 1. The first kappa shape index (κ1) is 20.8. The number of aromatic nitrogens is 1. The second-order valence-corrected chi connectivity index (χ2v) is 5.08. The van der Waals surface area contributed by atoms with Gasteiger partial charge in [-0.1, -0.05) is 24.3 Å². The van der Waals surface area contributed by atoms with E-state index >= 15 is 0 Å². The van der Waals surface area contributed by atoms with E-state index in [9.17, 15) is 10.1 Å². The summed E-state index contributed by atoms with van der Waals surface area (Å²) >= 11 is 0. The Bertz CT molecular complexity index is 694. The Labute approximate surface area is 164 Å². The van der Waals surface area contributed by atoms with Crippen molar-refractivity contribution in [2.24, 2.45) is 4.99 Å². The SMILES string of the molecule is CCNC(=NCc1ccccc1[N+](=O)[O-])NCCc1ccccn1.I. The van der Waals surface area contributed by atoms with Crippen molar-refractivity contribution in [1.82, 2.24) is 15.6 Å². The molecule has 1 aromatic carbocycles. The third-order valence-electron chi connectivity index (χ3n) is 3.34. The van der Waals surface area contributed by atoms with E-state index in [-0.39, 0.29) is 41.1 Å². The van der Waals surface area contributed by atoms with Gasteiger partial charge in [-0.3, -0.25) is 15.1 Å². The molecule has 0 fully saturated rings. The fraction of sp³-hybridized carbons (Fsp3) is 0.294. The summed E-state index contributed by atoms with van der Waals surface area (Å²) < 4.78 is 0. The lowest BCUT2D eigenvalue weighted by Gasteiger charge is -2.11. The fourth-order valence-corrected chi connectivity index (χ4v) is 2.18. The van der Waals surface area contributed by atoms with E-state index in [0.29, 0.717) is 24.6 Å². The zero-order chi connectivity index (χ0) is 17.2. The summed E-state index contributed by atoms with van der Waals surface area (Å²) in [5.41, 5.74) is 1.68. The second-order valence-electron chi connectivity index (χ2n) is 5.08. The third kappa shape index (κ3) is 7.04. The second kappa shape index (κ2) is 11.3. The van der Waals surface area contributed by atoms with Crippen LogP contribution in [0.2, 0.25) is 0 Å². The maximum absolute atomic E-state index is 11.0. The molecule has 2 N–H and O–H groups in total. The maximum atomic E-state index is 11.0. The van der Waals surface area contributed by atoms with Crippen molar-refractivity contribution in [3.05, 3.63) is 70.0 Å². The van der Waals surface area contributed by atoms with E-state index in [1.807, 2.05) is 25.1 Å². The average Bonchev–Trinajstić information content (AvgIpc) is 2.60. The number of nitrogens with zero attached hydrogens (tertiary/aromatic N) is 3. The molecule has 0 bridgehead atoms. The zero-order valence-corrected chi connectivity index (χ0v) is 16.3. The van der Waals surface area contributed by atoms with Crippen LogP contribution in [0.1, 0.15) is 18.2 Å². The van der Waals surface area contributed by atoms with E-state index in [1.54, 1.807) is 24.4 Å². The molecule has 8 heteroatoms. The Morgan fingerprint density at radius 1 is 1.20 bits per heavy atom. The van der Waals surface area contributed by atoms with Gasteiger partial charge in [0.2, 0.25) is 0 Å². The normalized spacial score (nSPS) is 10.7. The predicted molar refractivity (Wildman–Crippen MR) is 109 cm³/mol. The molecule has 0 radical (unpaired) electrons. The molecule has 2 aromatic rings. The molecule has 0 saturated heterocycles. The standard InChI is InChI=1S/C17H21N5O2.HI/c1-2-18-17(20-12-10-15-8-5-6-11-19-15)21-13-14-7-3-4-9-16(14)22(23)24;/h3-9,11H,2,10,12-13H2,1H3,(H2,18,20,21);1H. The van der Waals surface area contributed by atoms with E-state index in [4.69, 9.17) is 0 Å². The van der Waals surface area contributed by atoms with Crippen molar-refractivity contribution in [3.8, 4) is 0 Å². The largest absolute Gasteiger partial charge is 0.357 e. The number of para-hydroxylation sites is 1. The van der Waals surface area contributed by atoms with Crippen LogP contribution in [0.4, 0.5) is 5.69 Å². The minimum atomic E-state index is -0.383. The molecule has 0 aliphatic carbocycles. The van der Waals surface area contributed by atoms with Gasteiger partial charge in [-0.05, 0) is 19.1 Å². The van der Waals surface area contributed by atoms with E-state index in [1.165, 1.54) is 6.07 Å². The van der Waals surface area contributed by atoms with Gasteiger partial charge >= 0.3 is 0 Å². The van der Waals surface area contributed by atoms with Crippen LogP contribution in [0.3, 0.4) is 0 Å². The molecule has 25 heavy (non-hydrogen) atoms. The lowest BCUT2D eigenvalue weighted by atomic mass is 10.2. The lowest BCUT2D eigenvalue weighted by molar-refractivity contribution is -0.385. The molecule has 0 aliphatic rings. The number of guanidine groups is 1. The van der Waals surface area contributed by atoms with Crippen LogP contribution >= 0.6 is 24.0 Å². The smallest absolute Gasteiger partial charge is 0.274 e. The van der Waals surface area contributed by atoms with Crippen LogP contribution < -0.4 is 10.6 Å². The van der Waals surface area contributed by atoms with Gasteiger partial charge in [0.05, 0.1) is 17.0 Å². The number of rotatable bonds is 7. The summed E-state index contributed by atoms with van der Waals surface area (Å²) in [6.07, 6.45) is 2.54. The molecule has 0 unspecified atom stereocenters. The third-order valence-corrected chi connectivity index (χ3v) is 3.34. The van der Waals surface area contributed by atoms with Crippen LogP contribution in [0.5, 0.6) is 0 Å². The molecule has 0 saturated carbocycles. The monoisotopic (exact) mass is 455 g/mol. The average molecular weight is 455 g/mol. The van der Waals surface area contributed by atoms with Gasteiger partial charge < -0.3 is 10.6 Å². The number of nitrogens with one attached hydrogen (secondary N) is 2. The Kier molecular flexibility index (Phi) is 9.45. The minimum Gasteiger partial charge on any atom is -0.357 e. The first-order chi connectivity index (χ1) is 11.7. The highest BCUT2D eigenvalue weighted by molar-refractivity contribution is 14.0. The van der Waals surface area contributed by atoms with Crippen LogP contribution in [0, 0.1) is 10.1 Å². The van der Waals surface area contributed by atoms with Crippen molar-refractivity contribution in [1.29, 1.82) is 0 Å². The topological polar surface area (TPSA) is 92.5 Å². The Morgan fingerprint density at radius 2 is 1.96 bits per heavy atom. The summed E-state index contributed by atoms with van der Waals surface area (Å²) in [5.74, 6) is 0.631. The van der Waals surface area contributed by atoms with Crippen molar-refractivity contribution < 1.29 is 4.92 Å². The van der Waals surface area contributed by atoms with E-state index in [2.05, 4.69) is 20.6 Å². The number of halogens is 1. The molecule has 134 valence electrons. The van der Waals surface area contributed by atoms with E-state index < -0.39 is 0 Å². The molecule has 7 nitrogen and oxygen atoms in total. The minimum absolute atomic E-state index is 0. The van der Waals surface area contributed by atoms with Crippen LogP contribution in [0.25, 0.3) is 0 Å². The van der Waals surface area contributed by atoms with Crippen LogP contribution in [-0.2, 0) is 13.0 Å². The molecule has 0 aliphatic heterocycles. The number of nitro groups is 1. The summed E-state index contributed by atoms with van der Waals surface area (Å²) in [6, 6.07) is 12.5. The van der Waals surface area contributed by atoms with Gasteiger partial charge in [0.1, 0.15) is 0 Å². The van der Waals surface area contributed by atoms with Gasteiger partial charge in [0, 0.05) is 37.5 Å². The summed E-state index contributed by atoms with van der Waals surface area (Å²) in [6.45, 7) is 3.61. The van der Waals surface area contributed by atoms with Gasteiger partial charge in [-0.25, -0.2) is 4.99 Å². The number of pyridine rings is 1. The highest BCUT2D eigenvalue weighted by Crippen LogP contribution is 2.18. The molecule has 0 spiro atoms. The first-order valence-electron chi connectivity index (χ1n) is 7.85. The van der Waals surface area contributed by atoms with Crippen LogP contribution in [-0.4, -0.2) is 29.0 Å². The number of hydrogen-bond donors (Lipinski definition) is 2. The van der Waals surface area contributed by atoms with Crippen molar-refractivity contribution in [3.63, 3.8) is 0 Å². The molecule has 0 amide bonds. The molecular formula is C17H22IN5O2. The van der Waals surface area contributed by atoms with Crippen molar-refractivity contribution >= 4 is 35.6 Å². The molecule has 1 heterocycles. The fourth-order valence-electron chi connectivity index (χ4n) is 2.18. The summed E-state index contributed by atoms with van der Waals surface area (Å²) in [4.78, 5) is 19.4. The molecule has 2 rings (SSSR count). The number of hydrogen-bond acceptors (Lipinski definition) is 4. The Morgan fingerprint density at radius 3 is 2.64 bits per heavy atom. The Hall–Kier alpha value is -2.23. The molecule has 1 aromatic heterocycles. The molecular weight excluding hydrogens is 433 g/mol. The summed E-state index contributed by atoms with van der Waals surface area (Å²) in [5, 5.41) is 17.4. The van der Waals surface area contributed by atoms with Crippen molar-refractivity contribution in [2.75, 3.05) is 13.1 Å². The summed E-state index contributed by atoms with van der Waals surface area (Å²) in [7, 11) is 0. The van der Waals surface area contributed by atoms with Gasteiger partial charge in [-0.2, -0.15) is 0 Å².